The van der Waals surface area contributed by atoms with Gasteiger partial charge < -0.3 is 10.5 Å². The summed E-state index contributed by atoms with van der Waals surface area (Å²) >= 11 is 1.56. The highest BCUT2D eigenvalue weighted by Crippen LogP contribution is 2.40. The molecule has 1 aliphatic heterocycles. The lowest BCUT2D eigenvalue weighted by Gasteiger charge is -2.12. The molecule has 1 aliphatic rings. The second kappa shape index (κ2) is 3.74. The highest BCUT2D eigenvalue weighted by molar-refractivity contribution is 7.15. The number of thiazole rings is 1. The van der Waals surface area contributed by atoms with Gasteiger partial charge in [0, 0.05) is 16.9 Å². The molecule has 4 heteroatoms. The molecule has 1 aromatic carbocycles. The summed E-state index contributed by atoms with van der Waals surface area (Å²) in [6.45, 7) is 4.89. The Kier molecular flexibility index (Phi) is 2.33. The van der Waals surface area contributed by atoms with E-state index < -0.39 is 0 Å². The summed E-state index contributed by atoms with van der Waals surface area (Å²) < 4.78 is 5.87. The quantitative estimate of drug-likeness (QED) is 0.777. The van der Waals surface area contributed by atoms with Crippen molar-refractivity contribution in [2.24, 2.45) is 0 Å². The highest BCUT2D eigenvalue weighted by Gasteiger charge is 2.21. The molecule has 3 rings (SSSR count). The minimum Gasteiger partial charge on any atom is -0.492 e. The average Bonchev–Trinajstić information content (AvgIpc) is 2.57. The molecule has 0 amide bonds. The van der Waals surface area contributed by atoms with Crippen LogP contribution in [0, 0.1) is 13.8 Å². The van der Waals surface area contributed by atoms with Crippen molar-refractivity contribution in [3.8, 4) is 17.0 Å². The van der Waals surface area contributed by atoms with Gasteiger partial charge in [-0.05, 0) is 31.0 Å². The molecule has 2 N–H and O–H groups in total. The molecule has 0 atom stereocenters. The van der Waals surface area contributed by atoms with Crippen LogP contribution >= 0.6 is 11.3 Å². The summed E-state index contributed by atoms with van der Waals surface area (Å²) in [7, 11) is 0. The van der Waals surface area contributed by atoms with E-state index in [1.807, 2.05) is 0 Å². The third-order valence-corrected chi connectivity index (χ3v) is 4.17. The Hall–Kier alpha value is -1.55. The van der Waals surface area contributed by atoms with Gasteiger partial charge in [0.1, 0.15) is 5.75 Å². The van der Waals surface area contributed by atoms with E-state index in [1.165, 1.54) is 16.0 Å². The molecular formula is C13H14N2OS. The molecule has 0 fully saturated rings. The first-order valence-electron chi connectivity index (χ1n) is 5.65. The topological polar surface area (TPSA) is 48.1 Å². The van der Waals surface area contributed by atoms with E-state index in [0.29, 0.717) is 11.7 Å². The fourth-order valence-electron chi connectivity index (χ4n) is 2.16. The standard InChI is InChI=1S/C13H14N2OS/c1-7-3-4-9-11-10(17-13(14)15-11)5-6-16-12(9)8(7)2/h3-4H,5-6H2,1-2H3,(H2,14,15). The fraction of sp³-hybridized carbons (Fsp3) is 0.308. The van der Waals surface area contributed by atoms with Gasteiger partial charge in [-0.2, -0.15) is 0 Å². The predicted octanol–water partition coefficient (Wildman–Crippen LogP) is 2.94. The molecule has 0 saturated carbocycles. The van der Waals surface area contributed by atoms with Gasteiger partial charge in [-0.3, -0.25) is 0 Å². The number of benzene rings is 1. The normalized spacial score (nSPS) is 13.5. The van der Waals surface area contributed by atoms with Gasteiger partial charge in [0.25, 0.3) is 0 Å². The molecule has 0 radical (unpaired) electrons. The minimum absolute atomic E-state index is 0.640. The molecule has 0 saturated heterocycles. The summed E-state index contributed by atoms with van der Waals surface area (Å²) in [6, 6.07) is 4.20. The lowest BCUT2D eigenvalue weighted by Crippen LogP contribution is -2.00. The lowest BCUT2D eigenvalue weighted by atomic mass is 10.0. The van der Waals surface area contributed by atoms with E-state index in [1.54, 1.807) is 11.3 Å². The number of hydrogen-bond acceptors (Lipinski definition) is 4. The van der Waals surface area contributed by atoms with Crippen LogP contribution in [0.4, 0.5) is 5.13 Å². The van der Waals surface area contributed by atoms with Crippen molar-refractivity contribution in [2.75, 3.05) is 12.3 Å². The van der Waals surface area contributed by atoms with Crippen molar-refractivity contribution >= 4 is 16.5 Å². The van der Waals surface area contributed by atoms with Crippen LogP contribution in [0.3, 0.4) is 0 Å². The Balaban J connectivity index is 2.29. The Bertz CT molecular complexity index is 589. The smallest absolute Gasteiger partial charge is 0.180 e. The van der Waals surface area contributed by atoms with Crippen molar-refractivity contribution in [1.29, 1.82) is 0 Å². The van der Waals surface area contributed by atoms with Crippen molar-refractivity contribution in [3.63, 3.8) is 0 Å². The minimum atomic E-state index is 0.640. The van der Waals surface area contributed by atoms with Crippen molar-refractivity contribution in [1.82, 2.24) is 4.98 Å². The maximum Gasteiger partial charge on any atom is 0.180 e. The van der Waals surface area contributed by atoms with Crippen LogP contribution in [0.5, 0.6) is 5.75 Å². The molecule has 2 aromatic rings. The first kappa shape index (κ1) is 10.6. The van der Waals surface area contributed by atoms with Gasteiger partial charge in [0.2, 0.25) is 0 Å². The second-order valence-corrected chi connectivity index (χ2v) is 5.42. The molecule has 2 heterocycles. The summed E-state index contributed by atoms with van der Waals surface area (Å²) in [5.74, 6) is 0.967. The number of anilines is 1. The van der Waals surface area contributed by atoms with E-state index in [0.717, 1.165) is 23.4 Å². The summed E-state index contributed by atoms with van der Waals surface area (Å²) in [5.41, 5.74) is 10.3. The maximum atomic E-state index is 5.87. The molecule has 0 unspecified atom stereocenters. The van der Waals surface area contributed by atoms with Crippen LogP contribution in [0.1, 0.15) is 16.0 Å². The first-order valence-corrected chi connectivity index (χ1v) is 6.47. The van der Waals surface area contributed by atoms with Crippen LogP contribution in [0.15, 0.2) is 12.1 Å². The number of aryl methyl sites for hydroxylation is 1. The summed E-state index contributed by atoms with van der Waals surface area (Å²) in [6.07, 6.45) is 0.886. The molecular weight excluding hydrogens is 232 g/mol. The molecule has 0 aliphatic carbocycles. The number of nitrogens with zero attached hydrogens (tertiary/aromatic N) is 1. The number of nitrogen functional groups attached to an aromatic ring is 1. The number of rotatable bonds is 0. The fourth-order valence-corrected chi connectivity index (χ4v) is 2.99. The molecule has 0 spiro atoms. The Morgan fingerprint density at radius 3 is 3.00 bits per heavy atom. The second-order valence-electron chi connectivity index (χ2n) is 4.31. The van der Waals surface area contributed by atoms with Crippen molar-refractivity contribution in [2.45, 2.75) is 20.3 Å². The number of aromatic nitrogens is 1. The van der Waals surface area contributed by atoms with Crippen LogP contribution < -0.4 is 10.5 Å². The van der Waals surface area contributed by atoms with Crippen molar-refractivity contribution in [3.05, 3.63) is 28.1 Å². The molecule has 1 aromatic heterocycles. The van der Waals surface area contributed by atoms with E-state index in [4.69, 9.17) is 10.5 Å². The van der Waals surface area contributed by atoms with Gasteiger partial charge in [-0.15, -0.1) is 11.3 Å². The zero-order valence-corrected chi connectivity index (χ0v) is 10.7. The van der Waals surface area contributed by atoms with Gasteiger partial charge >= 0.3 is 0 Å². The third kappa shape index (κ3) is 1.60. The highest BCUT2D eigenvalue weighted by atomic mass is 32.1. The van der Waals surface area contributed by atoms with Gasteiger partial charge in [0.15, 0.2) is 5.13 Å². The van der Waals surface area contributed by atoms with E-state index in [2.05, 4.69) is 31.0 Å². The lowest BCUT2D eigenvalue weighted by molar-refractivity contribution is 0.325. The Morgan fingerprint density at radius 1 is 1.35 bits per heavy atom. The number of ether oxygens (including phenoxy) is 1. The van der Waals surface area contributed by atoms with Crippen LogP contribution in [-0.2, 0) is 6.42 Å². The van der Waals surface area contributed by atoms with Gasteiger partial charge in [-0.1, -0.05) is 6.07 Å². The summed E-state index contributed by atoms with van der Waals surface area (Å²) in [5, 5.41) is 0.640. The van der Waals surface area contributed by atoms with Gasteiger partial charge in [0.05, 0.1) is 12.3 Å². The summed E-state index contributed by atoms with van der Waals surface area (Å²) in [4.78, 5) is 5.67. The number of fused-ring (bicyclic) bond motifs is 3. The monoisotopic (exact) mass is 246 g/mol. The Labute approximate surface area is 104 Å². The molecule has 3 nitrogen and oxygen atoms in total. The number of nitrogens with two attached hydrogens (primary N) is 1. The molecule has 0 bridgehead atoms. The maximum absolute atomic E-state index is 5.87. The van der Waals surface area contributed by atoms with Crippen LogP contribution in [-0.4, -0.2) is 11.6 Å². The molecule has 17 heavy (non-hydrogen) atoms. The van der Waals surface area contributed by atoms with Crippen LogP contribution in [0.25, 0.3) is 11.3 Å². The van der Waals surface area contributed by atoms with E-state index in [9.17, 15) is 0 Å². The zero-order valence-electron chi connectivity index (χ0n) is 9.91. The average molecular weight is 246 g/mol. The van der Waals surface area contributed by atoms with Crippen molar-refractivity contribution < 1.29 is 4.74 Å². The SMILES string of the molecule is Cc1ccc2c(c1C)OCCc1sc(N)nc1-2. The van der Waals surface area contributed by atoms with Gasteiger partial charge in [-0.25, -0.2) is 4.98 Å². The third-order valence-electron chi connectivity index (χ3n) is 3.22. The Morgan fingerprint density at radius 2 is 2.18 bits per heavy atom. The van der Waals surface area contributed by atoms with Crippen LogP contribution in [0.2, 0.25) is 0 Å². The van der Waals surface area contributed by atoms with E-state index >= 15 is 0 Å². The largest absolute Gasteiger partial charge is 0.492 e. The molecule has 88 valence electrons. The zero-order chi connectivity index (χ0) is 12.0. The van der Waals surface area contributed by atoms with E-state index in [-0.39, 0.29) is 0 Å². The predicted molar refractivity (Wildman–Crippen MR) is 70.6 cm³/mol. The first-order chi connectivity index (χ1) is 8.16. The number of hydrogen-bond donors (Lipinski definition) is 1.